The molecule has 0 aliphatic heterocycles. The van der Waals surface area contributed by atoms with E-state index < -0.39 is 16.8 Å². The zero-order valence-electron chi connectivity index (χ0n) is 19.0. The van der Waals surface area contributed by atoms with Gasteiger partial charge in [0.25, 0.3) is 5.91 Å². The van der Waals surface area contributed by atoms with Crippen molar-refractivity contribution in [1.29, 1.82) is 0 Å². The molecule has 0 saturated heterocycles. The van der Waals surface area contributed by atoms with Crippen LogP contribution >= 0.6 is 11.8 Å². The summed E-state index contributed by atoms with van der Waals surface area (Å²) in [5, 5.41) is 0.600. The van der Waals surface area contributed by atoms with Gasteiger partial charge in [-0.25, -0.2) is 4.79 Å². The Morgan fingerprint density at radius 1 is 1.12 bits per heavy atom. The van der Waals surface area contributed by atoms with Crippen molar-refractivity contribution in [3.63, 3.8) is 0 Å². The number of rotatable bonds is 7. The maximum atomic E-state index is 12.2. The van der Waals surface area contributed by atoms with E-state index in [1.807, 2.05) is 30.3 Å². The van der Waals surface area contributed by atoms with E-state index in [9.17, 15) is 14.4 Å². The summed E-state index contributed by atoms with van der Waals surface area (Å²) in [6.45, 7) is 3.40. The number of thioether (sulfide) groups is 1. The number of hydrazine groups is 1. The highest BCUT2D eigenvalue weighted by molar-refractivity contribution is 8.14. The molecule has 0 aliphatic carbocycles. The summed E-state index contributed by atoms with van der Waals surface area (Å²) in [7, 11) is 1.53. The van der Waals surface area contributed by atoms with Crippen molar-refractivity contribution >= 4 is 39.8 Å². The molecule has 3 aromatic rings. The highest BCUT2D eigenvalue weighted by Crippen LogP contribution is 2.29. The molecule has 1 unspecified atom stereocenters. The number of fused-ring (bicyclic) bond motifs is 1. The molecule has 3 rings (SSSR count). The fraction of sp³-hybridized carbons (Fsp3) is 0.250. The van der Waals surface area contributed by atoms with E-state index >= 15 is 0 Å². The first kappa shape index (κ1) is 24.8. The summed E-state index contributed by atoms with van der Waals surface area (Å²) in [5.41, 5.74) is 6.64. The molecule has 0 radical (unpaired) electrons. The van der Waals surface area contributed by atoms with Crippen molar-refractivity contribution in [3.05, 3.63) is 65.0 Å². The molecule has 1 heterocycles. The van der Waals surface area contributed by atoms with Crippen LogP contribution in [0.4, 0.5) is 0 Å². The molecule has 1 amide bonds. The lowest BCUT2D eigenvalue weighted by Crippen LogP contribution is -2.43. The van der Waals surface area contributed by atoms with Crippen LogP contribution in [0.1, 0.15) is 13.8 Å². The second kappa shape index (κ2) is 11.9. The van der Waals surface area contributed by atoms with Gasteiger partial charge < -0.3 is 13.9 Å². The Morgan fingerprint density at radius 3 is 2.59 bits per heavy atom. The zero-order valence-corrected chi connectivity index (χ0v) is 19.8. The third kappa shape index (κ3) is 6.61. The zero-order chi connectivity index (χ0) is 24.5. The van der Waals surface area contributed by atoms with Gasteiger partial charge in [0.2, 0.25) is 0 Å². The van der Waals surface area contributed by atoms with Gasteiger partial charge in [-0.2, -0.15) is 0 Å². The van der Waals surface area contributed by atoms with E-state index in [1.165, 1.54) is 13.1 Å². The Balaban J connectivity index is 1.60. The molecule has 9 nitrogen and oxygen atoms in total. The normalized spacial score (nSPS) is 12.1. The molecular formula is C24H25N3O6S. The monoisotopic (exact) mass is 483 g/mol. The lowest BCUT2D eigenvalue weighted by Gasteiger charge is -2.14. The SMILES string of the molecule is CCOC(=O)C(C)SC(=NC)NNC(=O)COc1ccc2c(-c3ccccc3)cc(=O)oc2c1. The summed E-state index contributed by atoms with van der Waals surface area (Å²) in [6, 6.07) is 16.0. The third-order valence-corrected chi connectivity index (χ3v) is 5.64. The van der Waals surface area contributed by atoms with Gasteiger partial charge in [-0.15, -0.1) is 0 Å². The fourth-order valence-corrected chi connectivity index (χ4v) is 3.73. The summed E-state index contributed by atoms with van der Waals surface area (Å²) in [6.07, 6.45) is 0. The van der Waals surface area contributed by atoms with Crippen molar-refractivity contribution in [1.82, 2.24) is 10.9 Å². The number of ether oxygens (including phenoxy) is 2. The van der Waals surface area contributed by atoms with Crippen LogP contribution in [0.5, 0.6) is 5.75 Å². The Labute approximate surface area is 200 Å². The van der Waals surface area contributed by atoms with Gasteiger partial charge in [0.15, 0.2) is 11.8 Å². The number of hydrogen-bond acceptors (Lipinski definition) is 8. The van der Waals surface area contributed by atoms with Crippen molar-refractivity contribution < 1.29 is 23.5 Å². The first-order valence-electron chi connectivity index (χ1n) is 10.5. The van der Waals surface area contributed by atoms with Gasteiger partial charge in [0.1, 0.15) is 16.6 Å². The van der Waals surface area contributed by atoms with E-state index in [4.69, 9.17) is 13.9 Å². The second-order valence-electron chi connectivity index (χ2n) is 7.01. The smallest absolute Gasteiger partial charge is 0.336 e. The quantitative estimate of drug-likeness (QED) is 0.173. The van der Waals surface area contributed by atoms with E-state index in [0.29, 0.717) is 16.5 Å². The molecule has 0 bridgehead atoms. The fourth-order valence-electron chi connectivity index (χ4n) is 3.01. The van der Waals surface area contributed by atoms with Crippen molar-refractivity contribution in [2.24, 2.45) is 4.99 Å². The van der Waals surface area contributed by atoms with Gasteiger partial charge in [0.05, 0.1) is 6.61 Å². The highest BCUT2D eigenvalue weighted by atomic mass is 32.2. The van der Waals surface area contributed by atoms with Gasteiger partial charge in [-0.05, 0) is 37.1 Å². The molecule has 10 heteroatoms. The van der Waals surface area contributed by atoms with Gasteiger partial charge in [0, 0.05) is 24.6 Å². The number of amides is 1. The third-order valence-electron chi connectivity index (χ3n) is 4.59. The molecule has 2 aromatic carbocycles. The summed E-state index contributed by atoms with van der Waals surface area (Å²) < 4.78 is 15.8. The number of amidine groups is 1. The Morgan fingerprint density at radius 2 is 1.88 bits per heavy atom. The molecule has 0 spiro atoms. The van der Waals surface area contributed by atoms with Crippen molar-refractivity contribution in [2.45, 2.75) is 19.1 Å². The average Bonchev–Trinajstić information content (AvgIpc) is 2.85. The number of benzene rings is 2. The molecule has 1 aromatic heterocycles. The predicted octanol–water partition coefficient (Wildman–Crippen LogP) is 3.13. The second-order valence-corrected chi connectivity index (χ2v) is 8.34. The molecule has 0 saturated carbocycles. The minimum Gasteiger partial charge on any atom is -0.484 e. The Hall–Kier alpha value is -3.79. The minimum atomic E-state index is -0.493. The summed E-state index contributed by atoms with van der Waals surface area (Å²) >= 11 is 1.12. The number of aliphatic imine (C=N–C) groups is 1. The van der Waals surface area contributed by atoms with Crippen molar-refractivity contribution in [2.75, 3.05) is 20.3 Å². The van der Waals surface area contributed by atoms with Crippen molar-refractivity contribution in [3.8, 4) is 16.9 Å². The van der Waals surface area contributed by atoms with Crippen LogP contribution < -0.4 is 21.2 Å². The lowest BCUT2D eigenvalue weighted by atomic mass is 10.0. The van der Waals surface area contributed by atoms with Crippen LogP contribution in [0.25, 0.3) is 22.1 Å². The number of nitrogens with one attached hydrogen (secondary N) is 2. The Kier molecular flexibility index (Phi) is 8.69. The molecule has 34 heavy (non-hydrogen) atoms. The molecular weight excluding hydrogens is 458 g/mol. The van der Waals surface area contributed by atoms with Crippen LogP contribution in [-0.4, -0.2) is 42.6 Å². The molecule has 2 N–H and O–H groups in total. The lowest BCUT2D eigenvalue weighted by molar-refractivity contribution is -0.142. The highest BCUT2D eigenvalue weighted by Gasteiger charge is 2.18. The van der Waals surface area contributed by atoms with E-state index in [1.54, 1.807) is 32.0 Å². The minimum absolute atomic E-state index is 0.287. The summed E-state index contributed by atoms with van der Waals surface area (Å²) in [4.78, 5) is 40.0. The van der Waals surface area contributed by atoms with Crippen LogP contribution in [0.3, 0.4) is 0 Å². The van der Waals surface area contributed by atoms with E-state index in [-0.39, 0.29) is 19.2 Å². The predicted molar refractivity (Wildman–Crippen MR) is 132 cm³/mol. The molecule has 1 atom stereocenters. The standard InChI is InChI=1S/C24H25N3O6S/c1-4-31-23(30)15(2)34-24(25-3)27-26-21(28)14-32-17-10-11-18-19(16-8-6-5-7-9-16)13-22(29)33-20(18)12-17/h5-13,15H,4,14H2,1-3H3,(H,25,27)(H,26,28). The van der Waals surface area contributed by atoms with Crippen LogP contribution in [0, 0.1) is 0 Å². The van der Waals surface area contributed by atoms with Crippen LogP contribution in [0.15, 0.2) is 68.8 Å². The van der Waals surface area contributed by atoms with Gasteiger partial charge in [-0.3, -0.25) is 25.4 Å². The largest absolute Gasteiger partial charge is 0.484 e. The number of carbonyl (C=O) groups excluding carboxylic acids is 2. The topological polar surface area (TPSA) is 119 Å². The maximum absolute atomic E-state index is 12.2. The number of carbonyl (C=O) groups is 2. The molecule has 0 aliphatic rings. The summed E-state index contributed by atoms with van der Waals surface area (Å²) in [5.74, 6) is -0.473. The first-order valence-corrected chi connectivity index (χ1v) is 11.4. The Bertz CT molecular complexity index is 1240. The van der Waals surface area contributed by atoms with Crippen LogP contribution in [0.2, 0.25) is 0 Å². The van der Waals surface area contributed by atoms with Crippen LogP contribution in [-0.2, 0) is 14.3 Å². The maximum Gasteiger partial charge on any atom is 0.336 e. The van der Waals surface area contributed by atoms with Gasteiger partial charge in [-0.1, -0.05) is 42.1 Å². The molecule has 178 valence electrons. The van der Waals surface area contributed by atoms with E-state index in [2.05, 4.69) is 15.8 Å². The first-order chi connectivity index (χ1) is 16.4. The number of hydrogen-bond donors (Lipinski definition) is 2. The molecule has 0 fully saturated rings. The number of esters is 1. The number of nitrogens with zero attached hydrogens (tertiary/aromatic N) is 1. The van der Waals surface area contributed by atoms with E-state index in [0.717, 1.165) is 28.3 Å². The van der Waals surface area contributed by atoms with Gasteiger partial charge >= 0.3 is 11.6 Å². The average molecular weight is 484 g/mol.